The minimum absolute atomic E-state index is 0.0564. The van der Waals surface area contributed by atoms with Crippen molar-refractivity contribution in [3.63, 3.8) is 0 Å². The number of amides is 1. The number of aromatic hydroxyl groups is 1. The zero-order chi connectivity index (χ0) is 20.9. The van der Waals surface area contributed by atoms with Gasteiger partial charge in [0.1, 0.15) is 11.9 Å². The monoisotopic (exact) mass is 407 g/mol. The molecule has 1 atom stereocenters. The fourth-order valence-electron chi connectivity index (χ4n) is 4.64. The van der Waals surface area contributed by atoms with Gasteiger partial charge in [0, 0.05) is 18.5 Å². The van der Waals surface area contributed by atoms with Crippen LogP contribution in [-0.2, 0) is 27.2 Å². The highest BCUT2D eigenvalue weighted by molar-refractivity contribution is 5.79. The van der Waals surface area contributed by atoms with Crippen LogP contribution in [0.2, 0.25) is 0 Å². The molecule has 2 aromatic carbocycles. The maximum atomic E-state index is 12.5. The largest absolute Gasteiger partial charge is 0.507 e. The lowest BCUT2D eigenvalue weighted by atomic mass is 9.94. The summed E-state index contributed by atoms with van der Waals surface area (Å²) in [5.41, 5.74) is 2.57. The van der Waals surface area contributed by atoms with Crippen LogP contribution in [0.4, 0.5) is 0 Å². The molecule has 1 amide bonds. The molecular weight excluding hydrogens is 378 g/mol. The molecule has 0 spiro atoms. The Morgan fingerprint density at radius 1 is 0.967 bits per heavy atom. The molecule has 1 aliphatic heterocycles. The van der Waals surface area contributed by atoms with Gasteiger partial charge in [0.2, 0.25) is 5.91 Å². The zero-order valence-corrected chi connectivity index (χ0v) is 17.3. The highest BCUT2D eigenvalue weighted by atomic mass is 16.5. The van der Waals surface area contributed by atoms with Gasteiger partial charge in [0.05, 0.1) is 19.4 Å². The molecule has 1 aliphatic carbocycles. The summed E-state index contributed by atoms with van der Waals surface area (Å²) in [7, 11) is 0. The molecule has 2 fully saturated rings. The van der Waals surface area contributed by atoms with Gasteiger partial charge in [-0.1, -0.05) is 61.4 Å². The summed E-state index contributed by atoms with van der Waals surface area (Å²) < 4.78 is 5.62. The Labute approximate surface area is 177 Å². The minimum atomic E-state index is -0.351. The van der Waals surface area contributed by atoms with Crippen molar-refractivity contribution >= 4 is 11.9 Å². The normalized spacial score (nSPS) is 19.2. The van der Waals surface area contributed by atoms with E-state index < -0.39 is 0 Å². The van der Waals surface area contributed by atoms with Crippen molar-refractivity contribution in [1.29, 1.82) is 0 Å². The fourth-order valence-corrected chi connectivity index (χ4v) is 4.64. The molecule has 0 aromatic heterocycles. The average molecular weight is 408 g/mol. The van der Waals surface area contributed by atoms with Crippen molar-refractivity contribution in [2.75, 3.05) is 13.1 Å². The van der Waals surface area contributed by atoms with Crippen LogP contribution in [0.1, 0.15) is 54.7 Å². The van der Waals surface area contributed by atoms with E-state index in [0.29, 0.717) is 37.4 Å². The van der Waals surface area contributed by atoms with Crippen molar-refractivity contribution < 1.29 is 19.4 Å². The molecule has 0 radical (unpaired) electrons. The number of nitrogens with zero attached hydrogens (tertiary/aromatic N) is 1. The van der Waals surface area contributed by atoms with E-state index in [1.807, 2.05) is 42.5 Å². The van der Waals surface area contributed by atoms with E-state index in [4.69, 9.17) is 4.74 Å². The lowest BCUT2D eigenvalue weighted by molar-refractivity contribution is -0.148. The summed E-state index contributed by atoms with van der Waals surface area (Å²) in [6, 6.07) is 15.3. The molecule has 1 N–H and O–H groups in total. The van der Waals surface area contributed by atoms with Crippen molar-refractivity contribution in [3.8, 4) is 5.75 Å². The molecule has 2 aromatic rings. The van der Waals surface area contributed by atoms with E-state index in [0.717, 1.165) is 24.0 Å². The van der Waals surface area contributed by atoms with E-state index in [2.05, 4.69) is 0 Å². The number of phenolic OH excluding ortho intramolecular Hbond substituents is 1. The van der Waals surface area contributed by atoms with Gasteiger partial charge in [-0.3, -0.25) is 9.59 Å². The highest BCUT2D eigenvalue weighted by Gasteiger charge is 2.29. The van der Waals surface area contributed by atoms with Gasteiger partial charge in [0.15, 0.2) is 0 Å². The van der Waals surface area contributed by atoms with Crippen LogP contribution in [0.15, 0.2) is 48.5 Å². The molecule has 1 heterocycles. The first-order valence-electron chi connectivity index (χ1n) is 10.9. The SMILES string of the molecule is O=C(Cc1cccc(C2CCCC2)c1O)OC1CCN(C(=O)Cc2ccccc2)C1. The molecule has 4 rings (SSSR count). The summed E-state index contributed by atoms with van der Waals surface area (Å²) in [5, 5.41) is 10.7. The smallest absolute Gasteiger partial charge is 0.310 e. The maximum Gasteiger partial charge on any atom is 0.310 e. The molecule has 0 bridgehead atoms. The lowest BCUT2D eigenvalue weighted by Crippen LogP contribution is -2.32. The van der Waals surface area contributed by atoms with E-state index in [1.165, 1.54) is 12.8 Å². The number of carbonyl (C=O) groups excluding carboxylic acids is 2. The molecule has 1 saturated carbocycles. The molecule has 158 valence electrons. The van der Waals surface area contributed by atoms with Crippen LogP contribution in [0.25, 0.3) is 0 Å². The second-order valence-electron chi connectivity index (χ2n) is 8.42. The van der Waals surface area contributed by atoms with Crippen molar-refractivity contribution in [2.45, 2.75) is 57.0 Å². The summed E-state index contributed by atoms with van der Waals surface area (Å²) in [5.74, 6) is 0.338. The van der Waals surface area contributed by atoms with E-state index in [-0.39, 0.29) is 30.2 Å². The molecule has 1 unspecified atom stereocenters. The first kappa shape index (κ1) is 20.5. The Morgan fingerprint density at radius 3 is 2.50 bits per heavy atom. The minimum Gasteiger partial charge on any atom is -0.507 e. The van der Waals surface area contributed by atoms with E-state index in [1.54, 1.807) is 11.0 Å². The predicted molar refractivity (Wildman–Crippen MR) is 114 cm³/mol. The Balaban J connectivity index is 1.30. The van der Waals surface area contributed by atoms with Crippen LogP contribution in [0.5, 0.6) is 5.75 Å². The van der Waals surface area contributed by atoms with Gasteiger partial charge >= 0.3 is 5.97 Å². The fraction of sp³-hybridized carbons (Fsp3) is 0.440. The first-order valence-corrected chi connectivity index (χ1v) is 10.9. The second-order valence-corrected chi connectivity index (χ2v) is 8.42. The molecule has 2 aliphatic rings. The highest BCUT2D eigenvalue weighted by Crippen LogP contribution is 2.39. The number of benzene rings is 2. The van der Waals surface area contributed by atoms with Crippen molar-refractivity contribution in [1.82, 2.24) is 4.90 Å². The van der Waals surface area contributed by atoms with Gasteiger partial charge < -0.3 is 14.7 Å². The van der Waals surface area contributed by atoms with Gasteiger partial charge in [-0.15, -0.1) is 0 Å². The third kappa shape index (κ3) is 4.84. The number of hydrogen-bond acceptors (Lipinski definition) is 4. The quantitative estimate of drug-likeness (QED) is 0.736. The van der Waals surface area contributed by atoms with Crippen LogP contribution >= 0.6 is 0 Å². The standard InChI is InChI=1S/C25H29NO4/c27-23(15-18-7-2-1-3-8-18)26-14-13-21(17-26)30-24(28)16-20-11-6-12-22(25(20)29)19-9-4-5-10-19/h1-3,6-8,11-12,19,21,29H,4-5,9-10,13-17H2. The van der Waals surface area contributed by atoms with E-state index in [9.17, 15) is 14.7 Å². The van der Waals surface area contributed by atoms with Gasteiger partial charge in [-0.05, 0) is 29.9 Å². The van der Waals surface area contributed by atoms with Gasteiger partial charge in [-0.25, -0.2) is 0 Å². The molecular formula is C25H29NO4. The van der Waals surface area contributed by atoms with Gasteiger partial charge in [-0.2, -0.15) is 0 Å². The Morgan fingerprint density at radius 2 is 1.73 bits per heavy atom. The predicted octanol–water partition coefficient (Wildman–Crippen LogP) is 3.98. The summed E-state index contributed by atoms with van der Waals surface area (Å²) in [6.45, 7) is 1.04. The number of rotatable bonds is 6. The maximum absolute atomic E-state index is 12.5. The molecule has 1 saturated heterocycles. The van der Waals surface area contributed by atoms with Crippen LogP contribution in [0, 0.1) is 0 Å². The Kier molecular flexibility index (Phi) is 6.36. The van der Waals surface area contributed by atoms with Crippen LogP contribution in [-0.4, -0.2) is 41.1 Å². The topological polar surface area (TPSA) is 66.8 Å². The lowest BCUT2D eigenvalue weighted by Gasteiger charge is -2.17. The number of phenols is 1. The third-order valence-corrected chi connectivity index (χ3v) is 6.27. The average Bonchev–Trinajstić information content (AvgIpc) is 3.43. The number of hydrogen-bond donors (Lipinski definition) is 1. The Bertz CT molecular complexity index is 889. The number of ether oxygens (including phenoxy) is 1. The number of para-hydroxylation sites is 1. The number of likely N-dealkylation sites (tertiary alicyclic amines) is 1. The summed E-state index contributed by atoms with van der Waals surface area (Å²) >= 11 is 0. The second kappa shape index (κ2) is 9.33. The summed E-state index contributed by atoms with van der Waals surface area (Å²) in [4.78, 5) is 26.7. The number of esters is 1. The molecule has 30 heavy (non-hydrogen) atoms. The van der Waals surface area contributed by atoms with Gasteiger partial charge in [0.25, 0.3) is 0 Å². The molecule has 5 heteroatoms. The zero-order valence-electron chi connectivity index (χ0n) is 17.3. The van der Waals surface area contributed by atoms with Crippen LogP contribution < -0.4 is 0 Å². The van der Waals surface area contributed by atoms with Crippen LogP contribution in [0.3, 0.4) is 0 Å². The Hall–Kier alpha value is -2.82. The summed E-state index contributed by atoms with van der Waals surface area (Å²) in [6.07, 6.45) is 5.37. The van der Waals surface area contributed by atoms with Crippen molar-refractivity contribution in [3.05, 3.63) is 65.2 Å². The van der Waals surface area contributed by atoms with E-state index >= 15 is 0 Å². The van der Waals surface area contributed by atoms with Crippen molar-refractivity contribution in [2.24, 2.45) is 0 Å². The third-order valence-electron chi connectivity index (χ3n) is 6.27. The number of carbonyl (C=O) groups is 2. The molecule has 5 nitrogen and oxygen atoms in total. The first-order chi connectivity index (χ1) is 14.6.